The molecule has 6 aromatic carbocycles. The van der Waals surface area contributed by atoms with Crippen molar-refractivity contribution in [2.45, 2.75) is 19.3 Å². The van der Waals surface area contributed by atoms with Crippen LogP contribution in [0.5, 0.6) is 0 Å². The molecule has 3 aromatic heterocycles. The standard InChI is InChI=1S/C42H28N4O/c1-42(2)33-17-9-6-14-27(33)30-21-22-31-28-15-7-10-18-34(28)46(38(31)37(30)42)41-44-39(25-12-4-3-5-13-25)43-40(45-41)26-20-23-36-32(24-26)29-16-8-11-19-35(29)47-36/h3-24H,1-2H3. The van der Waals surface area contributed by atoms with Gasteiger partial charge in [-0.15, -0.1) is 0 Å². The van der Waals surface area contributed by atoms with Crippen molar-refractivity contribution in [2.75, 3.05) is 0 Å². The van der Waals surface area contributed by atoms with Gasteiger partial charge in [-0.3, -0.25) is 4.57 Å². The van der Waals surface area contributed by atoms with Crippen molar-refractivity contribution < 1.29 is 4.42 Å². The van der Waals surface area contributed by atoms with Gasteiger partial charge in [-0.25, -0.2) is 4.98 Å². The molecule has 0 aliphatic heterocycles. The van der Waals surface area contributed by atoms with Crippen LogP contribution in [0.3, 0.4) is 0 Å². The maximum atomic E-state index is 6.15. The highest BCUT2D eigenvalue weighted by Gasteiger charge is 2.38. The van der Waals surface area contributed by atoms with Crippen molar-refractivity contribution in [1.29, 1.82) is 0 Å². The molecule has 0 fully saturated rings. The van der Waals surface area contributed by atoms with E-state index in [0.29, 0.717) is 17.6 Å². The normalized spacial score (nSPS) is 13.5. The fourth-order valence-electron chi connectivity index (χ4n) is 7.70. The Morgan fingerprint density at radius 2 is 1.23 bits per heavy atom. The van der Waals surface area contributed by atoms with E-state index in [1.165, 1.54) is 33.0 Å². The molecule has 5 heteroatoms. The van der Waals surface area contributed by atoms with Crippen LogP contribution in [-0.4, -0.2) is 19.5 Å². The van der Waals surface area contributed by atoms with E-state index >= 15 is 0 Å². The zero-order valence-electron chi connectivity index (χ0n) is 25.9. The van der Waals surface area contributed by atoms with Crippen molar-refractivity contribution >= 4 is 43.7 Å². The third kappa shape index (κ3) is 3.68. The number of hydrogen-bond acceptors (Lipinski definition) is 4. The molecule has 5 nitrogen and oxygen atoms in total. The molecule has 0 N–H and O–H groups in total. The number of benzene rings is 6. The summed E-state index contributed by atoms with van der Waals surface area (Å²) < 4.78 is 8.41. The number of furan rings is 1. The average Bonchev–Trinajstić information content (AvgIpc) is 3.74. The Balaban J connectivity index is 1.30. The fraction of sp³-hybridized carbons (Fsp3) is 0.0714. The highest BCUT2D eigenvalue weighted by molar-refractivity contribution is 6.13. The van der Waals surface area contributed by atoms with Crippen LogP contribution >= 0.6 is 0 Å². The first-order valence-corrected chi connectivity index (χ1v) is 16.0. The Kier molecular flexibility index (Phi) is 5.28. The molecular weight excluding hydrogens is 576 g/mol. The number of rotatable bonds is 3. The Bertz CT molecular complexity index is 2720. The molecule has 10 rings (SSSR count). The van der Waals surface area contributed by atoms with Gasteiger partial charge < -0.3 is 4.42 Å². The lowest BCUT2D eigenvalue weighted by Gasteiger charge is -2.23. The molecule has 47 heavy (non-hydrogen) atoms. The smallest absolute Gasteiger partial charge is 0.238 e. The summed E-state index contributed by atoms with van der Waals surface area (Å²) in [6.07, 6.45) is 0. The maximum Gasteiger partial charge on any atom is 0.238 e. The lowest BCUT2D eigenvalue weighted by atomic mass is 9.81. The van der Waals surface area contributed by atoms with Gasteiger partial charge in [0.25, 0.3) is 0 Å². The fourth-order valence-corrected chi connectivity index (χ4v) is 7.70. The molecule has 0 amide bonds. The lowest BCUT2D eigenvalue weighted by Crippen LogP contribution is -2.17. The Morgan fingerprint density at radius 3 is 2.11 bits per heavy atom. The predicted octanol–water partition coefficient (Wildman–Crippen LogP) is 10.5. The van der Waals surface area contributed by atoms with Gasteiger partial charge in [0.2, 0.25) is 5.95 Å². The summed E-state index contributed by atoms with van der Waals surface area (Å²) in [6.45, 7) is 4.66. The second kappa shape index (κ2) is 9.47. The monoisotopic (exact) mass is 604 g/mol. The van der Waals surface area contributed by atoms with Gasteiger partial charge in [-0.05, 0) is 52.6 Å². The minimum absolute atomic E-state index is 0.219. The summed E-state index contributed by atoms with van der Waals surface area (Å²) >= 11 is 0. The Hall–Kier alpha value is -6.07. The van der Waals surface area contributed by atoms with Crippen molar-refractivity contribution in [3.05, 3.63) is 145 Å². The van der Waals surface area contributed by atoms with E-state index in [9.17, 15) is 0 Å². The average molecular weight is 605 g/mol. The minimum atomic E-state index is -0.219. The number of nitrogens with zero attached hydrogens (tertiary/aromatic N) is 4. The molecule has 9 aromatic rings. The van der Waals surface area contributed by atoms with E-state index < -0.39 is 0 Å². The Morgan fingerprint density at radius 1 is 0.532 bits per heavy atom. The van der Waals surface area contributed by atoms with Crippen LogP contribution in [0.2, 0.25) is 0 Å². The molecule has 3 heterocycles. The van der Waals surface area contributed by atoms with Gasteiger partial charge in [0.15, 0.2) is 11.6 Å². The third-order valence-electron chi connectivity index (χ3n) is 9.84. The van der Waals surface area contributed by atoms with Crippen LogP contribution in [0, 0.1) is 0 Å². The van der Waals surface area contributed by atoms with Crippen LogP contribution in [0.1, 0.15) is 25.0 Å². The lowest BCUT2D eigenvalue weighted by molar-refractivity contribution is 0.663. The predicted molar refractivity (Wildman–Crippen MR) is 190 cm³/mol. The quantitative estimate of drug-likeness (QED) is 0.201. The molecule has 1 aliphatic carbocycles. The summed E-state index contributed by atoms with van der Waals surface area (Å²) in [4.78, 5) is 15.6. The highest BCUT2D eigenvalue weighted by atomic mass is 16.3. The summed E-state index contributed by atoms with van der Waals surface area (Å²) in [5.74, 6) is 1.84. The van der Waals surface area contributed by atoms with Crippen molar-refractivity contribution in [3.8, 4) is 39.9 Å². The van der Waals surface area contributed by atoms with E-state index in [1.54, 1.807) is 0 Å². The first-order chi connectivity index (χ1) is 23.1. The van der Waals surface area contributed by atoms with Gasteiger partial charge in [0.05, 0.1) is 11.0 Å². The van der Waals surface area contributed by atoms with E-state index in [-0.39, 0.29) is 5.41 Å². The highest BCUT2D eigenvalue weighted by Crippen LogP contribution is 2.52. The van der Waals surface area contributed by atoms with Gasteiger partial charge in [0.1, 0.15) is 11.2 Å². The topological polar surface area (TPSA) is 56.7 Å². The van der Waals surface area contributed by atoms with Gasteiger partial charge in [0, 0.05) is 38.1 Å². The number of fused-ring (bicyclic) bond motifs is 10. The maximum absolute atomic E-state index is 6.15. The van der Waals surface area contributed by atoms with Crippen LogP contribution in [0.4, 0.5) is 0 Å². The molecule has 0 spiro atoms. The third-order valence-corrected chi connectivity index (χ3v) is 9.84. The summed E-state index contributed by atoms with van der Waals surface area (Å²) in [5.41, 5.74) is 10.7. The Labute approximate surface area is 270 Å². The SMILES string of the molecule is CC1(C)c2ccccc2-c2ccc3c4ccccc4n(-c4nc(-c5ccccc5)nc(-c5ccc6oc7ccccc7c6c5)n4)c3c21. The molecule has 0 bridgehead atoms. The summed E-state index contributed by atoms with van der Waals surface area (Å²) in [7, 11) is 0. The van der Waals surface area contributed by atoms with E-state index in [2.05, 4.69) is 103 Å². The largest absolute Gasteiger partial charge is 0.456 e. The summed E-state index contributed by atoms with van der Waals surface area (Å²) in [5, 5.41) is 4.47. The second-order valence-corrected chi connectivity index (χ2v) is 12.9. The second-order valence-electron chi connectivity index (χ2n) is 12.9. The molecule has 1 aliphatic rings. The number of hydrogen-bond donors (Lipinski definition) is 0. The van der Waals surface area contributed by atoms with Crippen molar-refractivity contribution in [3.63, 3.8) is 0 Å². The zero-order valence-corrected chi connectivity index (χ0v) is 25.9. The molecule has 0 unspecified atom stereocenters. The number of aromatic nitrogens is 4. The molecule has 0 atom stereocenters. The molecule has 0 saturated carbocycles. The van der Waals surface area contributed by atoms with Crippen LogP contribution in [0.25, 0.3) is 83.6 Å². The van der Waals surface area contributed by atoms with Gasteiger partial charge >= 0.3 is 0 Å². The van der Waals surface area contributed by atoms with E-state index in [4.69, 9.17) is 19.4 Å². The van der Waals surface area contributed by atoms with Gasteiger partial charge in [-0.1, -0.05) is 117 Å². The molecule has 222 valence electrons. The molecular formula is C42H28N4O. The first-order valence-electron chi connectivity index (χ1n) is 16.0. The molecule has 0 radical (unpaired) electrons. The van der Waals surface area contributed by atoms with Crippen molar-refractivity contribution in [2.24, 2.45) is 0 Å². The minimum Gasteiger partial charge on any atom is -0.456 e. The van der Waals surface area contributed by atoms with Crippen LogP contribution < -0.4 is 0 Å². The van der Waals surface area contributed by atoms with Crippen molar-refractivity contribution in [1.82, 2.24) is 19.5 Å². The van der Waals surface area contributed by atoms with Gasteiger partial charge in [-0.2, -0.15) is 9.97 Å². The van der Waals surface area contributed by atoms with Crippen LogP contribution in [-0.2, 0) is 5.41 Å². The summed E-state index contributed by atoms with van der Waals surface area (Å²) in [6, 6.07) is 46.4. The number of para-hydroxylation sites is 2. The zero-order chi connectivity index (χ0) is 31.3. The van der Waals surface area contributed by atoms with E-state index in [0.717, 1.165) is 44.1 Å². The first kappa shape index (κ1) is 26.2. The van der Waals surface area contributed by atoms with Crippen LogP contribution in [0.15, 0.2) is 138 Å². The molecule has 0 saturated heterocycles. The van der Waals surface area contributed by atoms with E-state index in [1.807, 2.05) is 48.5 Å².